The van der Waals surface area contributed by atoms with Gasteiger partial charge in [0.1, 0.15) is 6.61 Å². The van der Waals surface area contributed by atoms with E-state index in [4.69, 9.17) is 15.7 Å². The summed E-state index contributed by atoms with van der Waals surface area (Å²) >= 11 is 0. The van der Waals surface area contributed by atoms with Gasteiger partial charge in [-0.15, -0.1) is 12.4 Å². The maximum Gasteiger partial charge on any atom is 0.316 e. The Morgan fingerprint density at radius 1 is 1.29 bits per heavy atom. The Kier molecular flexibility index (Phi) is 8.77. The monoisotopic (exact) mass is 351 g/mol. The third-order valence-electron chi connectivity index (χ3n) is 4.55. The molecular weight excluding hydrogens is 326 g/mol. The number of nitrogens with zero attached hydrogens (tertiary/aromatic N) is 2. The van der Waals surface area contributed by atoms with Crippen molar-refractivity contribution in [3.63, 3.8) is 0 Å². The molecule has 0 unspecified atom stereocenters. The summed E-state index contributed by atoms with van der Waals surface area (Å²) in [5, 5.41) is 8.63. The Labute approximate surface area is 150 Å². The fraction of sp³-hybridized carbons (Fsp3) is 0.556. The van der Waals surface area contributed by atoms with Gasteiger partial charge in [-0.3, -0.25) is 4.79 Å². The molecule has 1 heterocycles. The van der Waals surface area contributed by atoms with Gasteiger partial charge in [-0.05, 0) is 51.0 Å². The maximum absolute atomic E-state index is 12.7. The quantitative estimate of drug-likeness (QED) is 0.602. The molecular formula is C18H26ClN3O2. The summed E-state index contributed by atoms with van der Waals surface area (Å²) in [7, 11) is 0. The minimum atomic E-state index is -0.587. The minimum absolute atomic E-state index is 0. The number of hydrogen-bond acceptors (Lipinski definition) is 5. The molecule has 24 heavy (non-hydrogen) atoms. The predicted octanol–water partition coefficient (Wildman–Crippen LogP) is 2.25. The summed E-state index contributed by atoms with van der Waals surface area (Å²) in [6.07, 6.45) is 2.70. The van der Waals surface area contributed by atoms with E-state index in [0.717, 1.165) is 44.5 Å². The highest BCUT2D eigenvalue weighted by Gasteiger charge is 2.44. The lowest BCUT2D eigenvalue weighted by atomic mass is 9.72. The van der Waals surface area contributed by atoms with Crippen molar-refractivity contribution in [1.82, 2.24) is 4.90 Å². The van der Waals surface area contributed by atoms with Crippen molar-refractivity contribution in [2.75, 3.05) is 32.8 Å². The van der Waals surface area contributed by atoms with Crippen LogP contribution in [0, 0.1) is 11.3 Å². The van der Waals surface area contributed by atoms with E-state index < -0.39 is 5.41 Å². The van der Waals surface area contributed by atoms with Gasteiger partial charge in [0.2, 0.25) is 0 Å². The molecule has 1 aromatic rings. The number of likely N-dealkylation sites (tertiary alicyclic amines) is 1. The highest BCUT2D eigenvalue weighted by Crippen LogP contribution is 2.37. The van der Waals surface area contributed by atoms with E-state index in [9.17, 15) is 4.79 Å². The van der Waals surface area contributed by atoms with E-state index in [0.29, 0.717) is 6.54 Å². The molecule has 5 nitrogen and oxygen atoms in total. The van der Waals surface area contributed by atoms with Crippen molar-refractivity contribution < 1.29 is 9.53 Å². The first-order valence-electron chi connectivity index (χ1n) is 8.25. The zero-order valence-corrected chi connectivity index (χ0v) is 14.8. The molecule has 1 aromatic carbocycles. The van der Waals surface area contributed by atoms with Gasteiger partial charge in [-0.25, -0.2) is 0 Å². The Hall–Kier alpha value is -1.61. The van der Waals surface area contributed by atoms with Crippen LogP contribution in [0.4, 0.5) is 0 Å². The average Bonchev–Trinajstić information content (AvgIpc) is 2.61. The third-order valence-corrected chi connectivity index (χ3v) is 4.55. The predicted molar refractivity (Wildman–Crippen MR) is 95.9 cm³/mol. The normalized spacial score (nSPS) is 16.7. The Bertz CT molecular complexity index is 537. The van der Waals surface area contributed by atoms with Crippen LogP contribution in [0.25, 0.3) is 0 Å². The number of benzene rings is 1. The molecule has 1 aliphatic heterocycles. The summed E-state index contributed by atoms with van der Waals surface area (Å²) < 4.78 is 5.40. The lowest BCUT2D eigenvalue weighted by Gasteiger charge is -2.40. The second-order valence-corrected chi connectivity index (χ2v) is 5.98. The van der Waals surface area contributed by atoms with Crippen molar-refractivity contribution in [1.29, 1.82) is 5.26 Å². The third kappa shape index (κ3) is 4.94. The Balaban J connectivity index is 0.00000288. The summed E-state index contributed by atoms with van der Waals surface area (Å²) in [5.41, 5.74) is 6.01. The topological polar surface area (TPSA) is 79.3 Å². The summed E-state index contributed by atoms with van der Waals surface area (Å²) in [6.45, 7) is 3.56. The van der Waals surface area contributed by atoms with Crippen molar-refractivity contribution in [3.05, 3.63) is 35.9 Å². The highest BCUT2D eigenvalue weighted by atomic mass is 35.5. The van der Waals surface area contributed by atoms with Gasteiger partial charge in [0.25, 0.3) is 0 Å². The van der Waals surface area contributed by atoms with Crippen LogP contribution in [0.2, 0.25) is 0 Å². The number of nitriles is 1. The smallest absolute Gasteiger partial charge is 0.316 e. The van der Waals surface area contributed by atoms with Crippen LogP contribution in [0.1, 0.15) is 31.2 Å². The van der Waals surface area contributed by atoms with E-state index in [1.165, 1.54) is 0 Å². The fourth-order valence-corrected chi connectivity index (χ4v) is 3.17. The number of hydrogen-bond donors (Lipinski definition) is 1. The van der Waals surface area contributed by atoms with Gasteiger partial charge in [-0.2, -0.15) is 5.26 Å². The van der Waals surface area contributed by atoms with E-state index in [2.05, 4.69) is 4.90 Å². The molecule has 0 spiro atoms. The van der Waals surface area contributed by atoms with Gasteiger partial charge in [0.05, 0.1) is 17.9 Å². The summed E-state index contributed by atoms with van der Waals surface area (Å²) in [6, 6.07) is 11.9. The number of halogens is 1. The van der Waals surface area contributed by atoms with Crippen LogP contribution in [0.5, 0.6) is 0 Å². The SMILES string of the molecule is Cl.N#CCCOC(=O)C1(c2ccccc2)CCN(CCCN)CC1. The molecule has 2 N–H and O–H groups in total. The lowest BCUT2D eigenvalue weighted by Crippen LogP contribution is -2.48. The van der Waals surface area contributed by atoms with E-state index in [-0.39, 0.29) is 31.4 Å². The Morgan fingerprint density at radius 2 is 1.96 bits per heavy atom. The minimum Gasteiger partial charge on any atom is -0.464 e. The molecule has 132 valence electrons. The van der Waals surface area contributed by atoms with E-state index in [1.807, 2.05) is 36.4 Å². The number of piperidine rings is 1. The number of carbonyl (C=O) groups excluding carboxylic acids is 1. The number of carbonyl (C=O) groups is 1. The number of esters is 1. The average molecular weight is 352 g/mol. The van der Waals surface area contributed by atoms with Crippen molar-refractivity contribution >= 4 is 18.4 Å². The van der Waals surface area contributed by atoms with Crippen LogP contribution < -0.4 is 5.73 Å². The number of rotatable bonds is 7. The van der Waals surface area contributed by atoms with Crippen molar-refractivity contribution in [3.8, 4) is 6.07 Å². The molecule has 0 amide bonds. The van der Waals surface area contributed by atoms with Crippen LogP contribution in [-0.2, 0) is 14.9 Å². The van der Waals surface area contributed by atoms with Crippen molar-refractivity contribution in [2.45, 2.75) is 31.1 Å². The van der Waals surface area contributed by atoms with Crippen LogP contribution in [0.15, 0.2) is 30.3 Å². The van der Waals surface area contributed by atoms with Gasteiger partial charge < -0.3 is 15.4 Å². The first-order valence-corrected chi connectivity index (χ1v) is 8.25. The molecule has 1 saturated heterocycles. The lowest BCUT2D eigenvalue weighted by molar-refractivity contribution is -0.152. The van der Waals surface area contributed by atoms with Gasteiger partial charge in [0, 0.05) is 0 Å². The van der Waals surface area contributed by atoms with Gasteiger partial charge in [0.15, 0.2) is 0 Å². The second kappa shape index (κ2) is 10.3. The zero-order valence-electron chi connectivity index (χ0n) is 13.9. The molecule has 0 aromatic heterocycles. The zero-order chi connectivity index (χ0) is 16.5. The number of ether oxygens (including phenoxy) is 1. The van der Waals surface area contributed by atoms with Crippen LogP contribution >= 0.6 is 12.4 Å². The molecule has 6 heteroatoms. The van der Waals surface area contributed by atoms with Crippen molar-refractivity contribution in [2.24, 2.45) is 5.73 Å². The molecule has 0 bridgehead atoms. The van der Waals surface area contributed by atoms with Gasteiger partial charge >= 0.3 is 5.97 Å². The van der Waals surface area contributed by atoms with E-state index >= 15 is 0 Å². The maximum atomic E-state index is 12.7. The molecule has 0 atom stereocenters. The largest absolute Gasteiger partial charge is 0.464 e. The molecule has 1 fully saturated rings. The fourth-order valence-electron chi connectivity index (χ4n) is 3.17. The highest BCUT2D eigenvalue weighted by molar-refractivity contribution is 5.85. The molecule has 2 rings (SSSR count). The molecule has 0 saturated carbocycles. The summed E-state index contributed by atoms with van der Waals surface area (Å²) in [4.78, 5) is 15.1. The first kappa shape index (κ1) is 20.4. The van der Waals surface area contributed by atoms with Crippen LogP contribution in [-0.4, -0.2) is 43.7 Å². The van der Waals surface area contributed by atoms with Gasteiger partial charge in [-0.1, -0.05) is 30.3 Å². The number of nitrogens with two attached hydrogens (primary N) is 1. The summed E-state index contributed by atoms with van der Waals surface area (Å²) in [5.74, 6) is -0.197. The Morgan fingerprint density at radius 3 is 2.54 bits per heavy atom. The standard InChI is InChI=1S/C18H25N3O2.ClH/c19-10-4-12-21-13-8-18(9-14-21,16-6-2-1-3-7-16)17(22)23-15-5-11-20;/h1-3,6-7H,4-5,8-10,12-15,19H2;1H. The first-order chi connectivity index (χ1) is 11.2. The second-order valence-electron chi connectivity index (χ2n) is 5.98. The van der Waals surface area contributed by atoms with E-state index in [1.54, 1.807) is 0 Å². The molecule has 0 aliphatic carbocycles. The van der Waals surface area contributed by atoms with Crippen LogP contribution in [0.3, 0.4) is 0 Å². The molecule has 0 radical (unpaired) electrons. The molecule has 1 aliphatic rings.